The molecule has 1 atom stereocenters. The molecule has 0 saturated heterocycles. The van der Waals surface area contributed by atoms with E-state index in [0.717, 1.165) is 31.2 Å². The number of Topliss-reactive ketones (excluding diaryl/α,β-unsaturated/α-hetero) is 1. The first-order chi connectivity index (χ1) is 9.17. The number of hydrogen-bond donors (Lipinski definition) is 0. The van der Waals surface area contributed by atoms with Gasteiger partial charge in [-0.25, -0.2) is 4.39 Å². The number of carbonyl (C=O) groups excluding carboxylic acids is 1. The van der Waals surface area contributed by atoms with E-state index in [9.17, 15) is 9.18 Å². The second-order valence-electron chi connectivity index (χ2n) is 5.30. The maximum Gasteiger partial charge on any atom is 0.133 e. The standard InChI is InChI=1S/C17H25FO/c1-3-5-9-14(13-16(19)8-4-2)12-15-10-6-7-11-17(15)18/h6-7,10-11,14H,3-5,8-9,12-13H2,1-2H3. The lowest BCUT2D eigenvalue weighted by atomic mass is 9.89. The third-order valence-corrected chi connectivity index (χ3v) is 3.48. The number of rotatable bonds is 9. The van der Waals surface area contributed by atoms with Crippen LogP contribution in [0.1, 0.15) is 57.9 Å². The number of unbranched alkanes of at least 4 members (excludes halogenated alkanes) is 1. The minimum Gasteiger partial charge on any atom is -0.300 e. The van der Waals surface area contributed by atoms with Gasteiger partial charge in [0.15, 0.2) is 0 Å². The zero-order valence-corrected chi connectivity index (χ0v) is 12.1. The zero-order chi connectivity index (χ0) is 14.1. The highest BCUT2D eigenvalue weighted by molar-refractivity contribution is 5.78. The lowest BCUT2D eigenvalue weighted by molar-refractivity contribution is -0.120. The van der Waals surface area contributed by atoms with Gasteiger partial charge in [-0.2, -0.15) is 0 Å². The largest absolute Gasteiger partial charge is 0.300 e. The highest BCUT2D eigenvalue weighted by atomic mass is 19.1. The first-order valence-corrected chi connectivity index (χ1v) is 7.42. The summed E-state index contributed by atoms with van der Waals surface area (Å²) >= 11 is 0. The van der Waals surface area contributed by atoms with Crippen LogP contribution in [-0.4, -0.2) is 5.78 Å². The Labute approximate surface area is 116 Å². The predicted molar refractivity (Wildman–Crippen MR) is 77.7 cm³/mol. The third-order valence-electron chi connectivity index (χ3n) is 3.48. The minimum atomic E-state index is -0.146. The van der Waals surface area contributed by atoms with Gasteiger partial charge in [0.1, 0.15) is 11.6 Å². The molecule has 1 unspecified atom stereocenters. The topological polar surface area (TPSA) is 17.1 Å². The fourth-order valence-electron chi connectivity index (χ4n) is 2.45. The average Bonchev–Trinajstić information content (AvgIpc) is 2.39. The molecule has 0 radical (unpaired) electrons. The molecule has 1 aromatic rings. The molecule has 2 heteroatoms. The maximum atomic E-state index is 13.7. The Kier molecular flexibility index (Phi) is 7.39. The third kappa shape index (κ3) is 6.00. The molecular weight excluding hydrogens is 239 g/mol. The quantitative estimate of drug-likeness (QED) is 0.618. The van der Waals surface area contributed by atoms with Crippen molar-refractivity contribution in [3.63, 3.8) is 0 Å². The Morgan fingerprint density at radius 3 is 2.58 bits per heavy atom. The van der Waals surface area contributed by atoms with Crippen molar-refractivity contribution < 1.29 is 9.18 Å². The molecule has 0 N–H and O–H groups in total. The van der Waals surface area contributed by atoms with E-state index in [1.54, 1.807) is 6.07 Å². The Bertz CT molecular complexity index is 387. The highest BCUT2D eigenvalue weighted by Crippen LogP contribution is 2.21. The van der Waals surface area contributed by atoms with Crippen LogP contribution < -0.4 is 0 Å². The molecule has 0 bridgehead atoms. The van der Waals surface area contributed by atoms with Gasteiger partial charge in [0.25, 0.3) is 0 Å². The van der Waals surface area contributed by atoms with Gasteiger partial charge in [0.2, 0.25) is 0 Å². The van der Waals surface area contributed by atoms with Gasteiger partial charge < -0.3 is 0 Å². The van der Waals surface area contributed by atoms with Gasteiger partial charge in [-0.15, -0.1) is 0 Å². The molecule has 0 heterocycles. The number of hydrogen-bond acceptors (Lipinski definition) is 1. The molecular formula is C17H25FO. The van der Waals surface area contributed by atoms with Crippen LogP contribution in [0, 0.1) is 11.7 Å². The summed E-state index contributed by atoms with van der Waals surface area (Å²) in [6, 6.07) is 6.91. The summed E-state index contributed by atoms with van der Waals surface area (Å²) in [5.41, 5.74) is 0.743. The molecule has 106 valence electrons. The van der Waals surface area contributed by atoms with Crippen LogP contribution in [-0.2, 0) is 11.2 Å². The molecule has 0 saturated carbocycles. The van der Waals surface area contributed by atoms with Gasteiger partial charge in [0.05, 0.1) is 0 Å². The normalized spacial score (nSPS) is 12.4. The molecule has 1 nitrogen and oxygen atoms in total. The number of benzene rings is 1. The lowest BCUT2D eigenvalue weighted by Gasteiger charge is -2.16. The van der Waals surface area contributed by atoms with Gasteiger partial charge in [-0.3, -0.25) is 4.79 Å². The van der Waals surface area contributed by atoms with E-state index in [1.165, 1.54) is 6.07 Å². The van der Waals surface area contributed by atoms with E-state index in [-0.39, 0.29) is 11.7 Å². The van der Waals surface area contributed by atoms with Crippen molar-refractivity contribution in [3.8, 4) is 0 Å². The van der Waals surface area contributed by atoms with Gasteiger partial charge in [-0.05, 0) is 36.8 Å². The summed E-state index contributed by atoms with van der Waals surface area (Å²) in [6.07, 6.45) is 6.08. The van der Waals surface area contributed by atoms with Crippen LogP contribution in [0.5, 0.6) is 0 Å². The zero-order valence-electron chi connectivity index (χ0n) is 12.1. The monoisotopic (exact) mass is 264 g/mol. The lowest BCUT2D eigenvalue weighted by Crippen LogP contribution is -2.12. The smallest absolute Gasteiger partial charge is 0.133 e. The summed E-state index contributed by atoms with van der Waals surface area (Å²) < 4.78 is 13.7. The SMILES string of the molecule is CCCCC(CC(=O)CCC)Cc1ccccc1F. The molecule has 1 aromatic carbocycles. The van der Waals surface area contributed by atoms with Crippen molar-refractivity contribution >= 4 is 5.78 Å². The van der Waals surface area contributed by atoms with Gasteiger partial charge in [-0.1, -0.05) is 44.9 Å². The van der Waals surface area contributed by atoms with Gasteiger partial charge in [0, 0.05) is 12.8 Å². The van der Waals surface area contributed by atoms with Crippen LogP contribution in [0.3, 0.4) is 0 Å². The highest BCUT2D eigenvalue weighted by Gasteiger charge is 2.15. The average molecular weight is 264 g/mol. The Morgan fingerprint density at radius 2 is 1.95 bits per heavy atom. The molecule has 0 amide bonds. The summed E-state index contributed by atoms with van der Waals surface area (Å²) in [5.74, 6) is 0.461. The molecule has 19 heavy (non-hydrogen) atoms. The van der Waals surface area contributed by atoms with Crippen molar-refractivity contribution in [1.82, 2.24) is 0 Å². The predicted octanol–water partition coefficient (Wildman–Crippen LogP) is 4.93. The fraction of sp³-hybridized carbons (Fsp3) is 0.588. The molecule has 0 spiro atoms. The Morgan fingerprint density at radius 1 is 1.21 bits per heavy atom. The number of carbonyl (C=O) groups is 1. The van der Waals surface area contributed by atoms with Crippen molar-refractivity contribution in [1.29, 1.82) is 0 Å². The van der Waals surface area contributed by atoms with Crippen molar-refractivity contribution in [2.24, 2.45) is 5.92 Å². The summed E-state index contributed by atoms with van der Waals surface area (Å²) in [7, 11) is 0. The Balaban J connectivity index is 2.63. The minimum absolute atomic E-state index is 0.146. The fourth-order valence-corrected chi connectivity index (χ4v) is 2.45. The molecule has 0 aliphatic carbocycles. The second-order valence-corrected chi connectivity index (χ2v) is 5.30. The van der Waals surface area contributed by atoms with E-state index in [0.29, 0.717) is 25.0 Å². The first kappa shape index (κ1) is 15.9. The number of ketones is 1. The van der Waals surface area contributed by atoms with Crippen LogP contribution >= 0.6 is 0 Å². The van der Waals surface area contributed by atoms with E-state index >= 15 is 0 Å². The van der Waals surface area contributed by atoms with Crippen LogP contribution in [0.2, 0.25) is 0 Å². The van der Waals surface area contributed by atoms with E-state index < -0.39 is 0 Å². The van der Waals surface area contributed by atoms with Crippen LogP contribution in [0.15, 0.2) is 24.3 Å². The summed E-state index contributed by atoms with van der Waals surface area (Å²) in [4.78, 5) is 11.8. The summed E-state index contributed by atoms with van der Waals surface area (Å²) in [6.45, 7) is 4.17. The maximum absolute atomic E-state index is 13.7. The van der Waals surface area contributed by atoms with Crippen molar-refractivity contribution in [2.45, 2.75) is 58.8 Å². The van der Waals surface area contributed by atoms with Crippen molar-refractivity contribution in [3.05, 3.63) is 35.6 Å². The summed E-state index contributed by atoms with van der Waals surface area (Å²) in [5, 5.41) is 0. The molecule has 0 aliphatic heterocycles. The second kappa shape index (κ2) is 8.84. The van der Waals surface area contributed by atoms with E-state index in [4.69, 9.17) is 0 Å². The Hall–Kier alpha value is -1.18. The van der Waals surface area contributed by atoms with Crippen LogP contribution in [0.4, 0.5) is 4.39 Å². The number of halogens is 1. The van der Waals surface area contributed by atoms with E-state index in [2.05, 4.69) is 6.92 Å². The molecule has 1 rings (SSSR count). The molecule has 0 aromatic heterocycles. The molecule has 0 fully saturated rings. The first-order valence-electron chi connectivity index (χ1n) is 7.42. The van der Waals surface area contributed by atoms with Crippen LogP contribution in [0.25, 0.3) is 0 Å². The molecule has 0 aliphatic rings. The van der Waals surface area contributed by atoms with E-state index in [1.807, 2.05) is 19.1 Å². The van der Waals surface area contributed by atoms with Gasteiger partial charge >= 0.3 is 0 Å². The van der Waals surface area contributed by atoms with Crippen molar-refractivity contribution in [2.75, 3.05) is 0 Å².